The van der Waals surface area contributed by atoms with Gasteiger partial charge in [0.05, 0.1) is 30.0 Å². The molecule has 0 spiro atoms. The van der Waals surface area contributed by atoms with Crippen molar-refractivity contribution in [3.63, 3.8) is 0 Å². The standard InChI is InChI=1S/C14H17ClN2O4/c1-2-17(12-8-21-7-9(12)13(18)19)14(20)16-11-6-4-3-5-10(11)15/h3-6,9,12H,2,7-8H2,1H3,(H,16,20)(H,18,19). The number of likely N-dealkylation sites (N-methyl/N-ethyl adjacent to an activating group) is 1. The van der Waals surface area contributed by atoms with Crippen molar-refractivity contribution in [3.8, 4) is 0 Å². The molecule has 1 aromatic rings. The number of carboxylic acid groups (broad SMARTS) is 1. The molecule has 2 rings (SSSR count). The van der Waals surface area contributed by atoms with Crippen LogP contribution in [-0.2, 0) is 9.53 Å². The van der Waals surface area contributed by atoms with E-state index in [-0.39, 0.29) is 19.2 Å². The Hall–Kier alpha value is -1.79. The van der Waals surface area contributed by atoms with Gasteiger partial charge in [-0.05, 0) is 19.1 Å². The zero-order valence-electron chi connectivity index (χ0n) is 11.6. The van der Waals surface area contributed by atoms with Crippen molar-refractivity contribution >= 4 is 29.3 Å². The second-order valence-corrected chi connectivity index (χ2v) is 5.15. The Morgan fingerprint density at radius 3 is 2.76 bits per heavy atom. The number of ether oxygens (including phenoxy) is 1. The van der Waals surface area contributed by atoms with E-state index in [1.807, 2.05) is 0 Å². The maximum atomic E-state index is 12.4. The molecular weight excluding hydrogens is 296 g/mol. The number of anilines is 1. The van der Waals surface area contributed by atoms with Crippen LogP contribution >= 0.6 is 11.6 Å². The minimum Gasteiger partial charge on any atom is -0.481 e. The number of benzene rings is 1. The molecule has 2 amide bonds. The smallest absolute Gasteiger partial charge is 0.322 e. The van der Waals surface area contributed by atoms with Gasteiger partial charge in [0.2, 0.25) is 0 Å². The Labute approximate surface area is 127 Å². The van der Waals surface area contributed by atoms with E-state index in [1.165, 1.54) is 4.90 Å². The number of hydrogen-bond acceptors (Lipinski definition) is 3. The van der Waals surface area contributed by atoms with Crippen LogP contribution in [0.4, 0.5) is 10.5 Å². The van der Waals surface area contributed by atoms with E-state index in [4.69, 9.17) is 16.3 Å². The summed E-state index contributed by atoms with van der Waals surface area (Å²) in [6.07, 6.45) is 0. The van der Waals surface area contributed by atoms with E-state index in [2.05, 4.69) is 5.32 Å². The van der Waals surface area contributed by atoms with E-state index < -0.39 is 17.9 Å². The molecule has 0 radical (unpaired) electrons. The fraction of sp³-hybridized carbons (Fsp3) is 0.429. The molecule has 1 aliphatic heterocycles. The summed E-state index contributed by atoms with van der Waals surface area (Å²) in [6, 6.07) is 6.03. The van der Waals surface area contributed by atoms with Crippen molar-refractivity contribution < 1.29 is 19.4 Å². The van der Waals surface area contributed by atoms with Crippen molar-refractivity contribution in [2.24, 2.45) is 5.92 Å². The molecule has 1 fully saturated rings. The van der Waals surface area contributed by atoms with E-state index in [0.29, 0.717) is 17.3 Å². The van der Waals surface area contributed by atoms with E-state index in [0.717, 1.165) is 0 Å². The largest absolute Gasteiger partial charge is 0.481 e. The predicted octanol–water partition coefficient (Wildman–Crippen LogP) is 2.29. The Kier molecular flexibility index (Phi) is 5.03. The molecule has 21 heavy (non-hydrogen) atoms. The third-order valence-corrected chi connectivity index (χ3v) is 3.81. The number of carbonyl (C=O) groups excluding carboxylic acids is 1. The number of carbonyl (C=O) groups is 2. The molecule has 0 aliphatic carbocycles. The summed E-state index contributed by atoms with van der Waals surface area (Å²) in [6.45, 7) is 2.52. The first kappa shape index (κ1) is 15.6. The van der Waals surface area contributed by atoms with Crippen LogP contribution in [0.3, 0.4) is 0 Å². The zero-order chi connectivity index (χ0) is 15.4. The molecule has 6 nitrogen and oxygen atoms in total. The second kappa shape index (κ2) is 6.78. The maximum absolute atomic E-state index is 12.4. The van der Waals surface area contributed by atoms with E-state index >= 15 is 0 Å². The highest BCUT2D eigenvalue weighted by Crippen LogP contribution is 2.24. The van der Waals surface area contributed by atoms with Gasteiger partial charge in [0, 0.05) is 6.54 Å². The molecular formula is C14H17ClN2O4. The molecule has 1 aromatic carbocycles. The van der Waals surface area contributed by atoms with Gasteiger partial charge in [-0.25, -0.2) is 4.79 Å². The quantitative estimate of drug-likeness (QED) is 0.894. The number of aliphatic carboxylic acids is 1. The molecule has 7 heteroatoms. The first-order valence-electron chi connectivity index (χ1n) is 6.67. The van der Waals surface area contributed by atoms with Gasteiger partial charge in [-0.1, -0.05) is 23.7 Å². The average molecular weight is 313 g/mol. The summed E-state index contributed by atoms with van der Waals surface area (Å²) in [5, 5.41) is 12.3. The highest BCUT2D eigenvalue weighted by molar-refractivity contribution is 6.33. The van der Waals surface area contributed by atoms with Crippen molar-refractivity contribution in [2.45, 2.75) is 13.0 Å². The molecule has 1 aliphatic rings. The van der Waals surface area contributed by atoms with Crippen LogP contribution < -0.4 is 5.32 Å². The number of rotatable bonds is 4. The Morgan fingerprint density at radius 2 is 2.14 bits per heavy atom. The van der Waals surface area contributed by atoms with Gasteiger partial charge in [0.1, 0.15) is 5.92 Å². The van der Waals surface area contributed by atoms with Crippen LogP contribution in [0, 0.1) is 5.92 Å². The zero-order valence-corrected chi connectivity index (χ0v) is 12.3. The van der Waals surface area contributed by atoms with Gasteiger partial charge < -0.3 is 20.1 Å². The molecule has 2 N–H and O–H groups in total. The summed E-state index contributed by atoms with van der Waals surface area (Å²) in [7, 11) is 0. The van der Waals surface area contributed by atoms with Crippen molar-refractivity contribution in [2.75, 3.05) is 25.1 Å². The molecule has 1 heterocycles. The number of urea groups is 1. The molecule has 0 saturated carbocycles. The topological polar surface area (TPSA) is 78.9 Å². The first-order valence-corrected chi connectivity index (χ1v) is 7.05. The summed E-state index contributed by atoms with van der Waals surface area (Å²) < 4.78 is 5.21. The van der Waals surface area contributed by atoms with Gasteiger partial charge in [0.15, 0.2) is 0 Å². The SMILES string of the molecule is CCN(C(=O)Nc1ccccc1Cl)C1COCC1C(=O)O. The number of para-hydroxylation sites is 1. The third kappa shape index (κ3) is 3.46. The third-order valence-electron chi connectivity index (χ3n) is 3.49. The predicted molar refractivity (Wildman–Crippen MR) is 78.6 cm³/mol. The van der Waals surface area contributed by atoms with Gasteiger partial charge in [-0.3, -0.25) is 4.79 Å². The highest BCUT2D eigenvalue weighted by atomic mass is 35.5. The molecule has 2 atom stereocenters. The number of nitrogens with one attached hydrogen (secondary N) is 1. The molecule has 0 bridgehead atoms. The van der Waals surface area contributed by atoms with Crippen LogP contribution in [0.1, 0.15) is 6.92 Å². The van der Waals surface area contributed by atoms with Crippen LogP contribution in [0.2, 0.25) is 5.02 Å². The van der Waals surface area contributed by atoms with Crippen LogP contribution in [0.15, 0.2) is 24.3 Å². The highest BCUT2D eigenvalue weighted by Gasteiger charge is 2.39. The van der Waals surface area contributed by atoms with Gasteiger partial charge in [0.25, 0.3) is 0 Å². The molecule has 0 aromatic heterocycles. The van der Waals surface area contributed by atoms with E-state index in [1.54, 1.807) is 31.2 Å². The molecule has 114 valence electrons. The summed E-state index contributed by atoms with van der Waals surface area (Å²) in [5.74, 6) is -1.66. The van der Waals surface area contributed by atoms with Crippen LogP contribution in [0.5, 0.6) is 0 Å². The Bertz CT molecular complexity index is 537. The minimum atomic E-state index is -0.957. The van der Waals surface area contributed by atoms with Gasteiger partial charge in [-0.2, -0.15) is 0 Å². The summed E-state index contributed by atoms with van der Waals surface area (Å²) >= 11 is 6.00. The fourth-order valence-electron chi connectivity index (χ4n) is 2.36. The fourth-order valence-corrected chi connectivity index (χ4v) is 2.55. The monoisotopic (exact) mass is 312 g/mol. The van der Waals surface area contributed by atoms with Gasteiger partial charge >= 0.3 is 12.0 Å². The second-order valence-electron chi connectivity index (χ2n) is 4.75. The molecule has 2 unspecified atom stereocenters. The lowest BCUT2D eigenvalue weighted by molar-refractivity contribution is -0.142. The maximum Gasteiger partial charge on any atom is 0.322 e. The number of halogens is 1. The normalized spacial score (nSPS) is 21.0. The number of amides is 2. The lowest BCUT2D eigenvalue weighted by atomic mass is 10.0. The lowest BCUT2D eigenvalue weighted by Crippen LogP contribution is -2.48. The summed E-state index contributed by atoms with van der Waals surface area (Å²) in [5.41, 5.74) is 0.494. The van der Waals surface area contributed by atoms with Crippen LogP contribution in [-0.4, -0.2) is 47.8 Å². The number of carboxylic acids is 1. The van der Waals surface area contributed by atoms with Gasteiger partial charge in [-0.15, -0.1) is 0 Å². The Morgan fingerprint density at radius 1 is 1.43 bits per heavy atom. The van der Waals surface area contributed by atoms with Crippen molar-refractivity contribution in [1.82, 2.24) is 4.90 Å². The van der Waals surface area contributed by atoms with Crippen molar-refractivity contribution in [1.29, 1.82) is 0 Å². The number of nitrogens with zero attached hydrogens (tertiary/aromatic N) is 1. The average Bonchev–Trinajstić information content (AvgIpc) is 2.91. The molecule has 1 saturated heterocycles. The first-order chi connectivity index (χ1) is 10.0. The number of hydrogen-bond donors (Lipinski definition) is 2. The summed E-state index contributed by atoms with van der Waals surface area (Å²) in [4.78, 5) is 25.0. The Balaban J connectivity index is 2.12. The van der Waals surface area contributed by atoms with E-state index in [9.17, 15) is 14.7 Å². The minimum absolute atomic E-state index is 0.121. The van der Waals surface area contributed by atoms with Crippen molar-refractivity contribution in [3.05, 3.63) is 29.3 Å². The lowest BCUT2D eigenvalue weighted by Gasteiger charge is -2.29. The van der Waals surface area contributed by atoms with Crippen LogP contribution in [0.25, 0.3) is 0 Å².